The molecule has 0 aliphatic carbocycles. The first-order valence-electron chi connectivity index (χ1n) is 6.74. The van der Waals surface area contributed by atoms with Crippen LogP contribution in [0.15, 0.2) is 48.5 Å². The van der Waals surface area contributed by atoms with Gasteiger partial charge in [-0.05, 0) is 37.6 Å². The molecule has 0 saturated carbocycles. The van der Waals surface area contributed by atoms with Crippen molar-refractivity contribution in [1.29, 1.82) is 0 Å². The largest absolute Gasteiger partial charge is 0.383 e. The predicted molar refractivity (Wildman–Crippen MR) is 84.1 cm³/mol. The summed E-state index contributed by atoms with van der Waals surface area (Å²) in [5.74, 6) is 0. The van der Waals surface area contributed by atoms with E-state index in [1.165, 1.54) is 22.5 Å². The smallest absolute Gasteiger partial charge is 0.0394 e. The Balaban J connectivity index is 1.89. The lowest BCUT2D eigenvalue weighted by Crippen LogP contribution is -2.25. The fourth-order valence-electron chi connectivity index (χ4n) is 2.28. The number of likely N-dealkylation sites (N-methyl/N-ethyl adjacent to an activating group) is 1. The lowest BCUT2D eigenvalue weighted by atomic mass is 10.1. The number of benzene rings is 2. The second-order valence-electron chi connectivity index (χ2n) is 5.00. The Labute approximate surface area is 116 Å². The molecule has 0 heterocycles. The lowest BCUT2D eigenvalue weighted by Gasteiger charge is -2.22. The standard InChI is InChI=1S/C17H22N2/c1-14-9-10-17(15(2)13-14)19(3)12-11-18-16-7-5-4-6-8-16/h4-10,13,18H,11-12H2,1-3H3. The highest BCUT2D eigenvalue weighted by Crippen LogP contribution is 2.19. The Hall–Kier alpha value is -1.96. The van der Waals surface area contributed by atoms with Crippen molar-refractivity contribution >= 4 is 11.4 Å². The van der Waals surface area contributed by atoms with E-state index in [1.54, 1.807) is 0 Å². The van der Waals surface area contributed by atoms with Crippen molar-refractivity contribution in [3.63, 3.8) is 0 Å². The number of anilines is 2. The summed E-state index contributed by atoms with van der Waals surface area (Å²) >= 11 is 0. The molecule has 0 fully saturated rings. The monoisotopic (exact) mass is 254 g/mol. The normalized spacial score (nSPS) is 10.3. The molecule has 0 spiro atoms. The maximum Gasteiger partial charge on any atom is 0.0394 e. The highest BCUT2D eigenvalue weighted by atomic mass is 15.1. The van der Waals surface area contributed by atoms with Crippen LogP contribution in [0.25, 0.3) is 0 Å². The highest BCUT2D eigenvalue weighted by molar-refractivity contribution is 5.54. The molecule has 2 rings (SSSR count). The summed E-state index contributed by atoms with van der Waals surface area (Å²) in [4.78, 5) is 2.30. The molecule has 0 aliphatic heterocycles. The van der Waals surface area contributed by atoms with Gasteiger partial charge in [-0.3, -0.25) is 0 Å². The van der Waals surface area contributed by atoms with E-state index in [4.69, 9.17) is 0 Å². The fraction of sp³-hybridized carbons (Fsp3) is 0.294. The lowest BCUT2D eigenvalue weighted by molar-refractivity contribution is 0.909. The highest BCUT2D eigenvalue weighted by Gasteiger charge is 2.04. The van der Waals surface area contributed by atoms with Crippen LogP contribution < -0.4 is 10.2 Å². The van der Waals surface area contributed by atoms with Gasteiger partial charge in [-0.1, -0.05) is 35.9 Å². The zero-order valence-electron chi connectivity index (χ0n) is 12.0. The molecule has 0 aromatic heterocycles. The summed E-state index contributed by atoms with van der Waals surface area (Å²) in [6, 6.07) is 16.9. The molecular formula is C17H22N2. The summed E-state index contributed by atoms with van der Waals surface area (Å²) in [5, 5.41) is 3.43. The quantitative estimate of drug-likeness (QED) is 0.871. The Morgan fingerprint density at radius 3 is 2.42 bits per heavy atom. The van der Waals surface area contributed by atoms with Gasteiger partial charge >= 0.3 is 0 Å². The number of nitrogens with zero attached hydrogens (tertiary/aromatic N) is 1. The summed E-state index contributed by atoms with van der Waals surface area (Å²) in [7, 11) is 2.14. The molecule has 100 valence electrons. The van der Waals surface area contributed by atoms with Crippen LogP contribution in [-0.2, 0) is 0 Å². The molecule has 0 bridgehead atoms. The van der Waals surface area contributed by atoms with Crippen LogP contribution in [-0.4, -0.2) is 20.1 Å². The zero-order chi connectivity index (χ0) is 13.7. The molecule has 0 saturated heterocycles. The Kier molecular flexibility index (Phi) is 4.45. The Morgan fingerprint density at radius 1 is 1.00 bits per heavy atom. The molecule has 2 aromatic rings. The molecule has 0 unspecified atom stereocenters. The van der Waals surface area contributed by atoms with E-state index in [-0.39, 0.29) is 0 Å². The van der Waals surface area contributed by atoms with E-state index >= 15 is 0 Å². The van der Waals surface area contributed by atoms with E-state index in [0.717, 1.165) is 13.1 Å². The first-order valence-corrected chi connectivity index (χ1v) is 6.74. The van der Waals surface area contributed by atoms with E-state index in [0.29, 0.717) is 0 Å². The van der Waals surface area contributed by atoms with Gasteiger partial charge in [-0.2, -0.15) is 0 Å². The summed E-state index contributed by atoms with van der Waals surface area (Å²) in [5.41, 5.74) is 5.14. The Morgan fingerprint density at radius 2 is 1.74 bits per heavy atom. The first kappa shape index (κ1) is 13.5. The van der Waals surface area contributed by atoms with Gasteiger partial charge in [0.05, 0.1) is 0 Å². The van der Waals surface area contributed by atoms with Gasteiger partial charge in [-0.15, -0.1) is 0 Å². The number of nitrogens with one attached hydrogen (secondary N) is 1. The number of hydrogen-bond donors (Lipinski definition) is 1. The average Bonchev–Trinajstić information content (AvgIpc) is 2.39. The summed E-state index contributed by atoms with van der Waals surface area (Å²) in [6.07, 6.45) is 0. The second kappa shape index (κ2) is 6.28. The number of rotatable bonds is 5. The van der Waals surface area contributed by atoms with Crippen molar-refractivity contribution in [1.82, 2.24) is 0 Å². The van der Waals surface area contributed by atoms with Gasteiger partial charge < -0.3 is 10.2 Å². The SMILES string of the molecule is Cc1ccc(N(C)CCNc2ccccc2)c(C)c1. The first-order chi connectivity index (χ1) is 9.16. The molecule has 2 aromatic carbocycles. The predicted octanol–water partition coefficient (Wildman–Crippen LogP) is 3.85. The molecule has 1 N–H and O–H groups in total. The molecule has 0 aliphatic rings. The maximum atomic E-state index is 3.43. The molecule has 2 nitrogen and oxygen atoms in total. The van der Waals surface area contributed by atoms with Crippen LogP contribution >= 0.6 is 0 Å². The second-order valence-corrected chi connectivity index (χ2v) is 5.00. The van der Waals surface area contributed by atoms with Crippen molar-refractivity contribution < 1.29 is 0 Å². The van der Waals surface area contributed by atoms with Gasteiger partial charge in [0.25, 0.3) is 0 Å². The van der Waals surface area contributed by atoms with Crippen molar-refractivity contribution in [2.75, 3.05) is 30.4 Å². The molecule has 2 heteroatoms. The van der Waals surface area contributed by atoms with Crippen LogP contribution in [0.3, 0.4) is 0 Å². The number of hydrogen-bond acceptors (Lipinski definition) is 2. The number of aryl methyl sites for hydroxylation is 2. The van der Waals surface area contributed by atoms with Gasteiger partial charge in [0.15, 0.2) is 0 Å². The Bertz CT molecular complexity index is 520. The van der Waals surface area contributed by atoms with Gasteiger partial charge in [0, 0.05) is 31.5 Å². The minimum atomic E-state index is 0.938. The van der Waals surface area contributed by atoms with Crippen LogP contribution in [0.4, 0.5) is 11.4 Å². The van der Waals surface area contributed by atoms with Crippen LogP contribution in [0, 0.1) is 13.8 Å². The minimum absolute atomic E-state index is 0.938. The van der Waals surface area contributed by atoms with E-state index in [1.807, 2.05) is 6.07 Å². The molecule has 0 amide bonds. The molecule has 19 heavy (non-hydrogen) atoms. The van der Waals surface area contributed by atoms with Crippen LogP contribution in [0.1, 0.15) is 11.1 Å². The van der Waals surface area contributed by atoms with E-state index in [2.05, 4.69) is 73.6 Å². The topological polar surface area (TPSA) is 15.3 Å². The third-order valence-electron chi connectivity index (χ3n) is 3.31. The minimum Gasteiger partial charge on any atom is -0.383 e. The third kappa shape index (κ3) is 3.75. The molecule has 0 atom stereocenters. The van der Waals surface area contributed by atoms with Crippen LogP contribution in [0.2, 0.25) is 0 Å². The van der Waals surface area contributed by atoms with Gasteiger partial charge in [0.2, 0.25) is 0 Å². The maximum absolute atomic E-state index is 3.43. The zero-order valence-corrected chi connectivity index (χ0v) is 12.0. The van der Waals surface area contributed by atoms with Crippen molar-refractivity contribution in [2.45, 2.75) is 13.8 Å². The van der Waals surface area contributed by atoms with Crippen molar-refractivity contribution in [2.24, 2.45) is 0 Å². The summed E-state index contributed by atoms with van der Waals surface area (Å²) in [6.45, 7) is 6.23. The fourth-order valence-corrected chi connectivity index (χ4v) is 2.28. The number of para-hydroxylation sites is 1. The van der Waals surface area contributed by atoms with Crippen molar-refractivity contribution in [3.05, 3.63) is 59.7 Å². The average molecular weight is 254 g/mol. The van der Waals surface area contributed by atoms with Gasteiger partial charge in [-0.25, -0.2) is 0 Å². The molecular weight excluding hydrogens is 232 g/mol. The summed E-state index contributed by atoms with van der Waals surface area (Å²) < 4.78 is 0. The van der Waals surface area contributed by atoms with Crippen LogP contribution in [0.5, 0.6) is 0 Å². The van der Waals surface area contributed by atoms with Crippen molar-refractivity contribution in [3.8, 4) is 0 Å². The van der Waals surface area contributed by atoms with Gasteiger partial charge in [0.1, 0.15) is 0 Å². The van der Waals surface area contributed by atoms with E-state index in [9.17, 15) is 0 Å². The third-order valence-corrected chi connectivity index (χ3v) is 3.31. The van der Waals surface area contributed by atoms with E-state index < -0.39 is 0 Å². The molecule has 0 radical (unpaired) electrons.